The molecule has 1 aromatic rings. The molecule has 0 heterocycles. The maximum absolute atomic E-state index is 11.9. The Morgan fingerprint density at radius 3 is 2.42 bits per heavy atom. The second kappa shape index (κ2) is 6.19. The molecule has 19 heavy (non-hydrogen) atoms. The van der Waals surface area contributed by atoms with Crippen LogP contribution in [0.1, 0.15) is 11.1 Å². The molecule has 104 valence electrons. The van der Waals surface area contributed by atoms with Crippen molar-refractivity contribution in [2.45, 2.75) is 19.9 Å². The number of hydrogen-bond acceptors (Lipinski definition) is 4. The highest BCUT2D eigenvalue weighted by molar-refractivity contribution is 6.08. The first-order valence-corrected chi connectivity index (χ1v) is 5.76. The molecular weight excluding hydrogens is 248 g/mol. The molecule has 0 saturated carbocycles. The van der Waals surface area contributed by atoms with Crippen LogP contribution in [0.15, 0.2) is 12.1 Å². The first-order valence-electron chi connectivity index (χ1n) is 5.76. The van der Waals surface area contributed by atoms with Crippen LogP contribution in [-0.2, 0) is 9.59 Å². The zero-order chi connectivity index (χ0) is 14.6. The van der Waals surface area contributed by atoms with E-state index in [1.165, 1.54) is 14.2 Å². The van der Waals surface area contributed by atoms with Crippen LogP contribution in [0.5, 0.6) is 5.75 Å². The van der Waals surface area contributed by atoms with Gasteiger partial charge in [0.05, 0.1) is 12.8 Å². The van der Waals surface area contributed by atoms with Crippen LogP contribution in [0.3, 0.4) is 0 Å². The Bertz CT molecular complexity index is 500. The molecular formula is C13H18N2O4. The predicted molar refractivity (Wildman–Crippen MR) is 71.6 cm³/mol. The highest BCUT2D eigenvalue weighted by atomic mass is 16.5. The van der Waals surface area contributed by atoms with Crippen LogP contribution in [0.25, 0.3) is 0 Å². The van der Waals surface area contributed by atoms with Gasteiger partial charge < -0.3 is 15.2 Å². The lowest BCUT2D eigenvalue weighted by molar-refractivity contribution is -0.142. The molecule has 0 aliphatic rings. The van der Waals surface area contributed by atoms with E-state index in [0.717, 1.165) is 11.1 Å². The van der Waals surface area contributed by atoms with E-state index in [9.17, 15) is 9.59 Å². The number of methoxy groups -OCH3 is 1. The number of anilines is 1. The number of aryl methyl sites for hydroxylation is 2. The average Bonchev–Trinajstić information content (AvgIpc) is 2.32. The molecule has 1 rings (SSSR count). The molecule has 0 aromatic heterocycles. The van der Waals surface area contributed by atoms with Gasteiger partial charge in [-0.15, -0.1) is 0 Å². The summed E-state index contributed by atoms with van der Waals surface area (Å²) < 4.78 is 5.20. The number of aliphatic carboxylic acids is 1. The molecule has 0 spiro atoms. The molecule has 0 saturated heterocycles. The van der Waals surface area contributed by atoms with Gasteiger partial charge in [-0.2, -0.15) is 0 Å². The number of carboxylic acids is 1. The normalized spacial score (nSPS) is 11.8. The molecule has 3 N–H and O–H groups in total. The van der Waals surface area contributed by atoms with Crippen LogP contribution in [0.4, 0.5) is 5.69 Å². The second-order valence-electron chi connectivity index (χ2n) is 4.21. The molecule has 0 bridgehead atoms. The Hall–Kier alpha value is -2.08. The molecule has 0 aliphatic heterocycles. The highest BCUT2D eigenvalue weighted by Crippen LogP contribution is 2.29. The van der Waals surface area contributed by atoms with Crippen LogP contribution >= 0.6 is 0 Å². The van der Waals surface area contributed by atoms with Crippen molar-refractivity contribution in [3.63, 3.8) is 0 Å². The first-order chi connectivity index (χ1) is 8.90. The standard InChI is InChI=1S/C13H18N2O4/c1-7-5-8(2)10(9(6-7)19-4)15-12(16)11(14-3)13(17)18/h5-6,11,14H,1-4H3,(H,15,16)(H,17,18). The van der Waals surface area contributed by atoms with E-state index in [1.807, 2.05) is 19.9 Å². The summed E-state index contributed by atoms with van der Waals surface area (Å²) in [5.41, 5.74) is 2.29. The number of carboxylic acid groups (broad SMARTS) is 1. The van der Waals surface area contributed by atoms with Gasteiger partial charge in [0.2, 0.25) is 0 Å². The fourth-order valence-electron chi connectivity index (χ4n) is 1.81. The average molecular weight is 266 g/mol. The summed E-state index contributed by atoms with van der Waals surface area (Å²) in [5, 5.41) is 13.9. The van der Waals surface area contributed by atoms with E-state index in [4.69, 9.17) is 9.84 Å². The first kappa shape index (κ1) is 15.0. The van der Waals surface area contributed by atoms with Gasteiger partial charge in [0.25, 0.3) is 5.91 Å². The molecule has 6 nitrogen and oxygen atoms in total. The number of carbonyl (C=O) groups excluding carboxylic acids is 1. The van der Waals surface area contributed by atoms with Crippen molar-refractivity contribution in [1.29, 1.82) is 0 Å². The smallest absolute Gasteiger partial charge is 0.330 e. The third-order valence-electron chi connectivity index (χ3n) is 2.71. The van der Waals surface area contributed by atoms with E-state index < -0.39 is 17.9 Å². The number of benzene rings is 1. The topological polar surface area (TPSA) is 87.7 Å². The molecule has 1 atom stereocenters. The third kappa shape index (κ3) is 3.45. The summed E-state index contributed by atoms with van der Waals surface area (Å²) in [7, 11) is 2.91. The van der Waals surface area contributed by atoms with Crippen LogP contribution in [0.2, 0.25) is 0 Å². The van der Waals surface area contributed by atoms with Crippen molar-refractivity contribution < 1.29 is 19.4 Å². The number of carbonyl (C=O) groups is 2. The van der Waals surface area contributed by atoms with Gasteiger partial charge in [-0.05, 0) is 38.1 Å². The minimum absolute atomic E-state index is 0.486. The van der Waals surface area contributed by atoms with Crippen molar-refractivity contribution in [1.82, 2.24) is 5.32 Å². The number of rotatable bonds is 5. The van der Waals surface area contributed by atoms with Gasteiger partial charge in [-0.25, -0.2) is 4.79 Å². The fraction of sp³-hybridized carbons (Fsp3) is 0.385. The van der Waals surface area contributed by atoms with Crippen molar-refractivity contribution in [3.8, 4) is 5.75 Å². The van der Waals surface area contributed by atoms with Crippen LogP contribution < -0.4 is 15.4 Å². The minimum Gasteiger partial charge on any atom is -0.495 e. The lowest BCUT2D eigenvalue weighted by Gasteiger charge is -2.16. The van der Waals surface area contributed by atoms with Crippen LogP contribution in [0, 0.1) is 13.8 Å². The zero-order valence-electron chi connectivity index (χ0n) is 11.4. The van der Waals surface area contributed by atoms with E-state index in [1.54, 1.807) is 6.07 Å². The molecule has 1 amide bonds. The van der Waals surface area contributed by atoms with Gasteiger partial charge in [0, 0.05) is 0 Å². The third-order valence-corrected chi connectivity index (χ3v) is 2.71. The van der Waals surface area contributed by atoms with E-state index in [2.05, 4.69) is 10.6 Å². The summed E-state index contributed by atoms with van der Waals surface area (Å²) in [6, 6.07) is 2.36. The van der Waals surface area contributed by atoms with Crippen LogP contribution in [-0.4, -0.2) is 37.2 Å². The minimum atomic E-state index is -1.30. The molecule has 0 fully saturated rings. The Balaban J connectivity index is 3.05. The quantitative estimate of drug-likeness (QED) is 0.690. The molecule has 0 radical (unpaired) electrons. The highest BCUT2D eigenvalue weighted by Gasteiger charge is 2.25. The van der Waals surface area contributed by atoms with Gasteiger partial charge >= 0.3 is 5.97 Å². The Morgan fingerprint density at radius 1 is 1.32 bits per heavy atom. The van der Waals surface area contributed by atoms with E-state index >= 15 is 0 Å². The second-order valence-corrected chi connectivity index (χ2v) is 4.21. The number of ether oxygens (including phenoxy) is 1. The van der Waals surface area contributed by atoms with Gasteiger partial charge in [0.1, 0.15) is 5.75 Å². The van der Waals surface area contributed by atoms with Crippen molar-refractivity contribution in [2.75, 3.05) is 19.5 Å². The van der Waals surface area contributed by atoms with Gasteiger partial charge in [-0.3, -0.25) is 10.1 Å². The lowest BCUT2D eigenvalue weighted by Crippen LogP contribution is -2.44. The number of likely N-dealkylation sites (N-methyl/N-ethyl adjacent to an activating group) is 1. The van der Waals surface area contributed by atoms with Crippen molar-refractivity contribution >= 4 is 17.6 Å². The molecule has 0 aliphatic carbocycles. The molecule has 1 unspecified atom stereocenters. The lowest BCUT2D eigenvalue weighted by atomic mass is 10.1. The van der Waals surface area contributed by atoms with Crippen molar-refractivity contribution in [2.24, 2.45) is 0 Å². The maximum atomic E-state index is 11.9. The Labute approximate surface area is 111 Å². The van der Waals surface area contributed by atoms with Gasteiger partial charge in [-0.1, -0.05) is 6.07 Å². The Morgan fingerprint density at radius 2 is 1.95 bits per heavy atom. The SMILES string of the molecule is CNC(C(=O)O)C(=O)Nc1c(C)cc(C)cc1OC. The molecule has 1 aromatic carbocycles. The monoisotopic (exact) mass is 266 g/mol. The fourth-order valence-corrected chi connectivity index (χ4v) is 1.81. The number of amides is 1. The number of nitrogens with one attached hydrogen (secondary N) is 2. The summed E-state index contributed by atoms with van der Waals surface area (Å²) in [6.45, 7) is 3.73. The zero-order valence-corrected chi connectivity index (χ0v) is 11.4. The van der Waals surface area contributed by atoms with Gasteiger partial charge in [0.15, 0.2) is 6.04 Å². The van der Waals surface area contributed by atoms with E-state index in [-0.39, 0.29) is 0 Å². The summed E-state index contributed by atoms with van der Waals surface area (Å²) in [6.07, 6.45) is 0. The van der Waals surface area contributed by atoms with E-state index in [0.29, 0.717) is 11.4 Å². The van der Waals surface area contributed by atoms with Crippen molar-refractivity contribution in [3.05, 3.63) is 23.3 Å². The maximum Gasteiger partial charge on any atom is 0.330 e. The summed E-state index contributed by atoms with van der Waals surface area (Å²) >= 11 is 0. The Kier molecular flexibility index (Phi) is 4.88. The largest absolute Gasteiger partial charge is 0.495 e. The number of hydrogen-bond donors (Lipinski definition) is 3. The molecule has 6 heteroatoms. The predicted octanol–water partition coefficient (Wildman–Crippen LogP) is 0.923. The summed E-state index contributed by atoms with van der Waals surface area (Å²) in [5.74, 6) is -1.37. The summed E-state index contributed by atoms with van der Waals surface area (Å²) in [4.78, 5) is 22.8.